The van der Waals surface area contributed by atoms with Crippen molar-refractivity contribution in [2.24, 2.45) is 0 Å². The van der Waals surface area contributed by atoms with Crippen molar-refractivity contribution in [3.8, 4) is 0 Å². The van der Waals surface area contributed by atoms with Gasteiger partial charge in [0.25, 0.3) is 0 Å². The summed E-state index contributed by atoms with van der Waals surface area (Å²) in [5.41, 5.74) is 3.27. The molecule has 3 nitrogen and oxygen atoms in total. The van der Waals surface area contributed by atoms with E-state index in [-0.39, 0.29) is 6.04 Å². The number of aryl methyl sites for hydroxylation is 1. The summed E-state index contributed by atoms with van der Waals surface area (Å²) < 4.78 is 1.95. The summed E-state index contributed by atoms with van der Waals surface area (Å²) >= 11 is 7.04. The van der Waals surface area contributed by atoms with Crippen molar-refractivity contribution in [1.29, 1.82) is 0 Å². The Morgan fingerprint density at radius 2 is 2.00 bits per heavy atom. The molecule has 0 spiro atoms. The third-order valence-corrected chi connectivity index (χ3v) is 4.01. The molecule has 20 heavy (non-hydrogen) atoms. The number of nitrogens with zero attached hydrogens (tertiary/aromatic N) is 2. The van der Waals surface area contributed by atoms with E-state index < -0.39 is 0 Å². The zero-order valence-electron chi connectivity index (χ0n) is 11.5. The Hall–Kier alpha value is -0.780. The molecule has 2 rings (SSSR count). The van der Waals surface area contributed by atoms with E-state index in [0.717, 1.165) is 38.7 Å². The number of hydrogen-bond donors (Lipinski definition) is 1. The van der Waals surface area contributed by atoms with E-state index in [1.165, 1.54) is 0 Å². The fraction of sp³-hybridized carbons (Fsp3) is 0.333. The Labute approximate surface area is 136 Å². The zero-order valence-corrected chi connectivity index (χ0v) is 14.7. The fourth-order valence-corrected chi connectivity index (χ4v) is 3.25. The van der Waals surface area contributed by atoms with Gasteiger partial charge in [-0.1, -0.05) is 13.0 Å². The van der Waals surface area contributed by atoms with E-state index in [4.69, 9.17) is 0 Å². The molecule has 106 valence electrons. The van der Waals surface area contributed by atoms with Crippen molar-refractivity contribution in [3.63, 3.8) is 0 Å². The molecule has 5 heteroatoms. The molecule has 0 fully saturated rings. The highest BCUT2D eigenvalue weighted by atomic mass is 79.9. The van der Waals surface area contributed by atoms with Crippen molar-refractivity contribution in [1.82, 2.24) is 15.3 Å². The van der Waals surface area contributed by atoms with Gasteiger partial charge in [0, 0.05) is 27.5 Å². The van der Waals surface area contributed by atoms with Crippen LogP contribution in [0.25, 0.3) is 0 Å². The average Bonchev–Trinajstić information content (AvgIpc) is 2.41. The molecular formula is C15H17Br2N3. The van der Waals surface area contributed by atoms with E-state index in [1.54, 1.807) is 0 Å². The van der Waals surface area contributed by atoms with Crippen molar-refractivity contribution in [2.75, 3.05) is 6.54 Å². The molecule has 0 radical (unpaired) electrons. The van der Waals surface area contributed by atoms with Crippen LogP contribution in [0.4, 0.5) is 0 Å². The van der Waals surface area contributed by atoms with Crippen LogP contribution in [0.1, 0.15) is 36.2 Å². The van der Waals surface area contributed by atoms with Crippen LogP contribution in [0.2, 0.25) is 0 Å². The number of halogens is 2. The Kier molecular flexibility index (Phi) is 5.69. The Morgan fingerprint density at radius 1 is 1.20 bits per heavy atom. The number of rotatable bonds is 5. The molecule has 0 aliphatic heterocycles. The molecule has 2 aromatic rings. The molecule has 2 aromatic heterocycles. The van der Waals surface area contributed by atoms with Crippen LogP contribution in [0.3, 0.4) is 0 Å². The first-order chi connectivity index (χ1) is 9.61. The first kappa shape index (κ1) is 15.6. The third-order valence-electron chi connectivity index (χ3n) is 2.94. The number of hydrogen-bond acceptors (Lipinski definition) is 3. The average molecular weight is 399 g/mol. The molecule has 0 saturated heterocycles. The van der Waals surface area contributed by atoms with E-state index in [0.29, 0.717) is 0 Å². The van der Waals surface area contributed by atoms with Crippen LogP contribution in [-0.4, -0.2) is 16.5 Å². The van der Waals surface area contributed by atoms with Crippen LogP contribution in [0.15, 0.2) is 39.7 Å². The maximum Gasteiger partial charge on any atom is 0.0778 e. The molecule has 1 N–H and O–H groups in total. The lowest BCUT2D eigenvalue weighted by Crippen LogP contribution is -2.24. The first-order valence-corrected chi connectivity index (χ1v) is 8.16. The Bertz CT molecular complexity index is 587. The highest BCUT2D eigenvalue weighted by molar-refractivity contribution is 9.11. The monoisotopic (exact) mass is 397 g/mol. The third kappa shape index (κ3) is 3.87. The van der Waals surface area contributed by atoms with Gasteiger partial charge in [0.2, 0.25) is 0 Å². The molecule has 0 bridgehead atoms. The van der Waals surface area contributed by atoms with Gasteiger partial charge in [0.05, 0.1) is 11.7 Å². The largest absolute Gasteiger partial charge is 0.305 e. The van der Waals surface area contributed by atoms with Gasteiger partial charge in [-0.05, 0) is 68.9 Å². The number of aromatic nitrogens is 2. The van der Waals surface area contributed by atoms with Crippen LogP contribution in [0.5, 0.6) is 0 Å². The summed E-state index contributed by atoms with van der Waals surface area (Å²) in [6, 6.07) is 4.22. The standard InChI is InChI=1S/C15H17Br2N3/c1-3-4-19-14(11-5-10(2)7-18-8-11)15-13(17)6-12(16)9-20-15/h5-9,14,19H,3-4H2,1-2H3. The van der Waals surface area contributed by atoms with E-state index in [1.807, 2.05) is 24.7 Å². The highest BCUT2D eigenvalue weighted by Gasteiger charge is 2.18. The maximum atomic E-state index is 4.55. The molecule has 0 saturated carbocycles. The van der Waals surface area contributed by atoms with E-state index >= 15 is 0 Å². The second-order valence-corrected chi connectivity index (χ2v) is 6.47. The maximum absolute atomic E-state index is 4.55. The number of nitrogens with one attached hydrogen (secondary N) is 1. The number of pyridine rings is 2. The van der Waals surface area contributed by atoms with Gasteiger partial charge in [-0.3, -0.25) is 9.97 Å². The summed E-state index contributed by atoms with van der Waals surface area (Å²) in [7, 11) is 0. The molecule has 0 amide bonds. The summed E-state index contributed by atoms with van der Waals surface area (Å²) in [4.78, 5) is 8.85. The Morgan fingerprint density at radius 3 is 2.65 bits per heavy atom. The summed E-state index contributed by atoms with van der Waals surface area (Å²) in [5, 5.41) is 3.54. The molecule has 2 heterocycles. The minimum absolute atomic E-state index is 0.0461. The van der Waals surface area contributed by atoms with Gasteiger partial charge in [-0.25, -0.2) is 0 Å². The summed E-state index contributed by atoms with van der Waals surface area (Å²) in [6.45, 7) is 5.14. The molecular weight excluding hydrogens is 382 g/mol. The zero-order chi connectivity index (χ0) is 14.5. The predicted molar refractivity (Wildman–Crippen MR) is 88.7 cm³/mol. The van der Waals surface area contributed by atoms with Gasteiger partial charge in [-0.2, -0.15) is 0 Å². The highest BCUT2D eigenvalue weighted by Crippen LogP contribution is 2.28. The van der Waals surface area contributed by atoms with Crippen molar-refractivity contribution < 1.29 is 0 Å². The summed E-state index contributed by atoms with van der Waals surface area (Å²) in [5.74, 6) is 0. The smallest absolute Gasteiger partial charge is 0.0778 e. The topological polar surface area (TPSA) is 37.8 Å². The second kappa shape index (κ2) is 7.29. The van der Waals surface area contributed by atoms with Gasteiger partial charge in [-0.15, -0.1) is 0 Å². The van der Waals surface area contributed by atoms with Gasteiger partial charge in [0.15, 0.2) is 0 Å². The predicted octanol–water partition coefficient (Wildman–Crippen LogP) is 4.40. The van der Waals surface area contributed by atoms with Crippen LogP contribution >= 0.6 is 31.9 Å². The lowest BCUT2D eigenvalue weighted by Gasteiger charge is -2.20. The lowest BCUT2D eigenvalue weighted by atomic mass is 10.0. The van der Waals surface area contributed by atoms with Crippen LogP contribution in [0, 0.1) is 6.92 Å². The van der Waals surface area contributed by atoms with Gasteiger partial charge < -0.3 is 5.32 Å². The van der Waals surface area contributed by atoms with Crippen molar-refractivity contribution >= 4 is 31.9 Å². The van der Waals surface area contributed by atoms with Crippen molar-refractivity contribution in [2.45, 2.75) is 26.3 Å². The Balaban J connectivity index is 2.41. The second-order valence-electron chi connectivity index (χ2n) is 4.70. The van der Waals surface area contributed by atoms with Crippen molar-refractivity contribution in [3.05, 3.63) is 56.5 Å². The SMILES string of the molecule is CCCNC(c1cncc(C)c1)c1ncc(Br)cc1Br. The van der Waals surface area contributed by atoms with Crippen LogP contribution in [-0.2, 0) is 0 Å². The molecule has 0 aliphatic carbocycles. The quantitative estimate of drug-likeness (QED) is 0.810. The minimum Gasteiger partial charge on any atom is -0.305 e. The van der Waals surface area contributed by atoms with Crippen LogP contribution < -0.4 is 5.32 Å². The van der Waals surface area contributed by atoms with E-state index in [9.17, 15) is 0 Å². The fourth-order valence-electron chi connectivity index (χ4n) is 2.03. The molecule has 0 aromatic carbocycles. The molecule has 1 atom stereocenters. The molecule has 1 unspecified atom stereocenters. The van der Waals surface area contributed by atoms with Gasteiger partial charge >= 0.3 is 0 Å². The summed E-state index contributed by atoms with van der Waals surface area (Å²) in [6.07, 6.45) is 6.66. The minimum atomic E-state index is 0.0461. The normalized spacial score (nSPS) is 12.4. The first-order valence-electron chi connectivity index (χ1n) is 6.57. The van der Waals surface area contributed by atoms with E-state index in [2.05, 4.69) is 67.1 Å². The lowest BCUT2D eigenvalue weighted by molar-refractivity contribution is 0.582. The molecule has 0 aliphatic rings. The van der Waals surface area contributed by atoms with Gasteiger partial charge in [0.1, 0.15) is 0 Å².